The Morgan fingerprint density at radius 1 is 1.56 bits per heavy atom. The van der Waals surface area contributed by atoms with Crippen LogP contribution in [0.1, 0.15) is 20.3 Å². The van der Waals surface area contributed by atoms with Gasteiger partial charge in [-0.1, -0.05) is 6.92 Å². The second kappa shape index (κ2) is 8.97. The van der Waals surface area contributed by atoms with Crippen LogP contribution in [0.25, 0.3) is 0 Å². The predicted octanol–water partition coefficient (Wildman–Crippen LogP) is -1.65. The zero-order valence-electron chi connectivity index (χ0n) is 15.1. The molecule has 0 radical (unpaired) electrons. The van der Waals surface area contributed by atoms with Gasteiger partial charge in [-0.3, -0.25) is 4.99 Å². The molecule has 6 N–H and O–H groups in total. The number of carboxylic acids is 1. The molecule has 1 fully saturated rings. The van der Waals surface area contributed by atoms with E-state index in [9.17, 15) is 28.2 Å². The van der Waals surface area contributed by atoms with E-state index in [0.717, 1.165) is 0 Å². The summed E-state index contributed by atoms with van der Waals surface area (Å²) in [5.41, 5.74) is 0.0103. The van der Waals surface area contributed by atoms with Crippen LogP contribution in [0.3, 0.4) is 0 Å². The number of rotatable bonds is 9. The Balaban J connectivity index is 2.04. The molecule has 0 spiro atoms. The average molecular weight is 423 g/mol. The summed E-state index contributed by atoms with van der Waals surface area (Å²) in [4.78, 5) is 27.2. The smallest absolute Gasteiger partial charge is 0.350 e. The summed E-state index contributed by atoms with van der Waals surface area (Å²) in [6, 6.07) is -0.681. The van der Waals surface area contributed by atoms with E-state index in [1.807, 2.05) is 6.92 Å². The van der Waals surface area contributed by atoms with Crippen LogP contribution in [-0.2, 0) is 19.8 Å². The summed E-state index contributed by atoms with van der Waals surface area (Å²) in [5, 5.41) is 27.1. The average Bonchev–Trinajstić information content (AvgIpc) is 3.12. The maximum absolute atomic E-state index is 11.6. The Bertz CT molecular complexity index is 698. The zero-order chi connectivity index (χ0) is 20.4. The minimum absolute atomic E-state index is 0.0103. The van der Waals surface area contributed by atoms with Crippen LogP contribution in [0.2, 0.25) is 0 Å². The van der Waals surface area contributed by atoms with Crippen molar-refractivity contribution in [2.75, 3.05) is 13.1 Å². The first kappa shape index (κ1) is 22.2. The van der Waals surface area contributed by atoms with E-state index in [1.54, 1.807) is 0 Å². The molecule has 2 rings (SSSR count). The second-order valence-electron chi connectivity index (χ2n) is 7.04. The van der Waals surface area contributed by atoms with Crippen LogP contribution < -0.4 is 15.2 Å². The summed E-state index contributed by atoms with van der Waals surface area (Å²) in [6.45, 7) is 4.08. The van der Waals surface area contributed by atoms with E-state index in [4.69, 9.17) is 5.14 Å². The van der Waals surface area contributed by atoms with Crippen LogP contribution in [0.15, 0.2) is 4.99 Å². The number of nitrogens with one attached hydrogen (secondary N) is 2. The highest BCUT2D eigenvalue weighted by atomic mass is 32.2. The van der Waals surface area contributed by atoms with Crippen LogP contribution in [0.5, 0.6) is 0 Å². The Morgan fingerprint density at radius 2 is 2.22 bits per heavy atom. The van der Waals surface area contributed by atoms with Gasteiger partial charge in [0.1, 0.15) is 12.0 Å². The summed E-state index contributed by atoms with van der Waals surface area (Å²) >= 11 is 1.46. The molecule has 0 aromatic rings. The molecule has 0 bridgehead atoms. The Hall–Kier alpha value is -1.05. The molecule has 0 amide bonds. The van der Waals surface area contributed by atoms with Crippen molar-refractivity contribution in [1.29, 1.82) is 0 Å². The van der Waals surface area contributed by atoms with Crippen LogP contribution in [0, 0.1) is 11.8 Å². The van der Waals surface area contributed by atoms with Gasteiger partial charge in [-0.2, -0.15) is 8.42 Å². The van der Waals surface area contributed by atoms with Crippen molar-refractivity contribution in [2.24, 2.45) is 22.0 Å². The molecule has 27 heavy (non-hydrogen) atoms. The summed E-state index contributed by atoms with van der Waals surface area (Å²) in [5.74, 6) is -2.11. The van der Waals surface area contributed by atoms with Gasteiger partial charge in [0.05, 0.1) is 23.3 Å². The van der Waals surface area contributed by atoms with Gasteiger partial charge in [0.2, 0.25) is 0 Å². The van der Waals surface area contributed by atoms with Gasteiger partial charge in [0.15, 0.2) is 0 Å². The molecule has 0 unspecified atom stereocenters. The first-order chi connectivity index (χ1) is 12.5. The van der Waals surface area contributed by atoms with E-state index < -0.39 is 39.5 Å². The third-order valence-corrected chi connectivity index (χ3v) is 7.21. The fourth-order valence-corrected chi connectivity index (χ4v) is 5.61. The quantitative estimate of drug-likeness (QED) is 0.275. The first-order valence-electron chi connectivity index (χ1n) is 8.64. The lowest BCUT2D eigenvalue weighted by molar-refractivity contribution is -0.129. The number of aliphatic hydroxyl groups is 1. The second-order valence-corrected chi connectivity index (χ2v) is 9.86. The van der Waals surface area contributed by atoms with Crippen molar-refractivity contribution in [2.45, 2.75) is 49.0 Å². The van der Waals surface area contributed by atoms with Gasteiger partial charge < -0.3 is 20.3 Å². The normalized spacial score (nSPS) is 33.5. The minimum atomic E-state index is -3.76. The first-order valence-corrected chi connectivity index (χ1v) is 11.1. The van der Waals surface area contributed by atoms with E-state index in [0.29, 0.717) is 19.3 Å². The fraction of sp³-hybridized carbons (Fsp3) is 0.800. The number of carbonyl (C=O) groups is 2. The van der Waals surface area contributed by atoms with Gasteiger partial charge in [-0.05, 0) is 19.3 Å². The summed E-state index contributed by atoms with van der Waals surface area (Å²) in [6.07, 6.45) is 0.356. The molecule has 2 aliphatic rings. The SMILES string of the molecule is C[C@@H]1[C@H]([C@H](C=O)[C@@H](C)O)N=C(C(=O)O)[C@H]1S[C@@H]1CN[C@H](CNS(N)(=O)=O)C1. The number of hydrogen-bond donors (Lipinski definition) is 5. The molecule has 2 heterocycles. The number of aliphatic carboxylic acids is 1. The minimum Gasteiger partial charge on any atom is -0.477 e. The van der Waals surface area contributed by atoms with Gasteiger partial charge in [-0.15, -0.1) is 11.8 Å². The number of aliphatic hydroxyl groups excluding tert-OH is 1. The van der Waals surface area contributed by atoms with Gasteiger partial charge in [-0.25, -0.2) is 14.7 Å². The van der Waals surface area contributed by atoms with E-state index in [2.05, 4.69) is 15.0 Å². The molecule has 2 aliphatic heterocycles. The monoisotopic (exact) mass is 422 g/mol. The van der Waals surface area contributed by atoms with Gasteiger partial charge >= 0.3 is 5.97 Å². The molecule has 12 heteroatoms. The number of thioether (sulfide) groups is 1. The molecule has 0 saturated carbocycles. The lowest BCUT2D eigenvalue weighted by Crippen LogP contribution is -2.40. The van der Waals surface area contributed by atoms with Crippen LogP contribution in [0.4, 0.5) is 0 Å². The van der Waals surface area contributed by atoms with Crippen molar-refractivity contribution in [3.63, 3.8) is 0 Å². The number of carboxylic acid groups (broad SMARTS) is 1. The number of nitrogens with two attached hydrogens (primary N) is 1. The van der Waals surface area contributed by atoms with Crippen molar-refractivity contribution in [3.05, 3.63) is 0 Å². The van der Waals surface area contributed by atoms with Crippen molar-refractivity contribution in [3.8, 4) is 0 Å². The Kier molecular flexibility index (Phi) is 7.39. The molecule has 0 aliphatic carbocycles. The third-order valence-electron chi connectivity index (χ3n) is 4.95. The van der Waals surface area contributed by atoms with Crippen molar-refractivity contribution < 1.29 is 28.2 Å². The number of hydrogen-bond acceptors (Lipinski definition) is 8. The van der Waals surface area contributed by atoms with Gasteiger partial charge in [0.25, 0.3) is 10.2 Å². The molecular formula is C15H26N4O6S2. The summed E-state index contributed by atoms with van der Waals surface area (Å²) < 4.78 is 24.2. The van der Waals surface area contributed by atoms with E-state index in [1.165, 1.54) is 18.7 Å². The molecule has 154 valence electrons. The molecule has 7 atom stereocenters. The maximum atomic E-state index is 11.6. The highest BCUT2D eigenvalue weighted by molar-refractivity contribution is 8.01. The molecule has 10 nitrogen and oxygen atoms in total. The molecular weight excluding hydrogens is 396 g/mol. The lowest BCUT2D eigenvalue weighted by Gasteiger charge is -2.26. The largest absolute Gasteiger partial charge is 0.477 e. The van der Waals surface area contributed by atoms with E-state index in [-0.39, 0.29) is 29.5 Å². The number of carbonyl (C=O) groups excluding carboxylic acids is 1. The number of nitrogens with zero attached hydrogens (tertiary/aromatic N) is 1. The lowest BCUT2D eigenvalue weighted by atomic mass is 9.87. The van der Waals surface area contributed by atoms with Gasteiger partial charge in [0, 0.05) is 24.4 Å². The molecule has 1 saturated heterocycles. The molecule has 0 aromatic heterocycles. The standard InChI is InChI=1S/C15H26N4O6S2/c1-7-12(11(6-20)8(2)21)19-13(15(22)23)14(7)26-10-3-9(17-5-10)4-18-27(16,24)25/h6-12,14,17-18,21H,3-5H2,1-2H3,(H,22,23)(H2,16,24,25)/t7-,8-,9+,10+,11-,12-,14+/m1/s1. The van der Waals surface area contributed by atoms with Crippen molar-refractivity contribution in [1.82, 2.24) is 10.0 Å². The topological polar surface area (TPSA) is 171 Å². The Morgan fingerprint density at radius 3 is 2.74 bits per heavy atom. The van der Waals surface area contributed by atoms with Crippen LogP contribution in [-0.4, -0.2) is 78.4 Å². The van der Waals surface area contributed by atoms with E-state index >= 15 is 0 Å². The fourth-order valence-electron chi connectivity index (χ4n) is 3.53. The molecule has 0 aromatic carbocycles. The maximum Gasteiger partial charge on any atom is 0.350 e. The third kappa shape index (κ3) is 5.72. The highest BCUT2D eigenvalue weighted by Gasteiger charge is 2.45. The predicted molar refractivity (Wildman–Crippen MR) is 102 cm³/mol. The van der Waals surface area contributed by atoms with Crippen LogP contribution >= 0.6 is 11.8 Å². The highest BCUT2D eigenvalue weighted by Crippen LogP contribution is 2.39. The zero-order valence-corrected chi connectivity index (χ0v) is 16.7. The Labute approximate surface area is 162 Å². The number of aldehydes is 1. The van der Waals surface area contributed by atoms with Crippen molar-refractivity contribution >= 4 is 39.9 Å². The summed E-state index contributed by atoms with van der Waals surface area (Å²) in [7, 11) is -3.76. The number of aliphatic imine (C=N–C) groups is 1.